The molecule has 1 aromatic heterocycles. The maximum Gasteiger partial charge on any atom is 0.185 e. The Morgan fingerprint density at radius 3 is 2.75 bits per heavy atom. The minimum Gasteiger partial charge on any atom is -0.453 e. The van der Waals surface area contributed by atoms with E-state index in [1.165, 1.54) is 24.3 Å². The third-order valence-corrected chi connectivity index (χ3v) is 2.33. The van der Waals surface area contributed by atoms with E-state index in [2.05, 4.69) is 0 Å². The highest BCUT2D eigenvalue weighted by molar-refractivity contribution is 6.31. The van der Waals surface area contributed by atoms with Gasteiger partial charge in [-0.15, -0.1) is 0 Å². The van der Waals surface area contributed by atoms with E-state index in [4.69, 9.17) is 21.8 Å². The summed E-state index contributed by atoms with van der Waals surface area (Å²) in [5.41, 5.74) is 6.00. The summed E-state index contributed by atoms with van der Waals surface area (Å²) in [6.07, 6.45) is 0.537. The molecule has 0 aliphatic rings. The normalized spacial score (nSPS) is 10.4. The molecule has 3 nitrogen and oxygen atoms in total. The quantitative estimate of drug-likeness (QED) is 0.647. The molecule has 0 aliphatic carbocycles. The van der Waals surface area contributed by atoms with Gasteiger partial charge in [-0.3, -0.25) is 4.79 Å². The van der Waals surface area contributed by atoms with E-state index in [1.54, 1.807) is 0 Å². The third kappa shape index (κ3) is 1.79. The molecule has 0 saturated heterocycles. The van der Waals surface area contributed by atoms with Crippen LogP contribution in [-0.2, 0) is 0 Å². The van der Waals surface area contributed by atoms with Crippen LogP contribution in [0.3, 0.4) is 0 Å². The lowest BCUT2D eigenvalue weighted by Gasteiger charge is -2.03. The zero-order valence-corrected chi connectivity index (χ0v) is 8.79. The molecule has 5 heteroatoms. The van der Waals surface area contributed by atoms with Crippen LogP contribution in [0.15, 0.2) is 28.7 Å². The van der Waals surface area contributed by atoms with Gasteiger partial charge in [0.25, 0.3) is 0 Å². The van der Waals surface area contributed by atoms with Gasteiger partial charge in [-0.05, 0) is 24.3 Å². The molecular formula is C11H7ClFNO2. The fourth-order valence-corrected chi connectivity index (χ4v) is 1.58. The molecule has 0 fully saturated rings. The first-order valence-corrected chi connectivity index (χ1v) is 4.79. The third-order valence-electron chi connectivity index (χ3n) is 2.06. The zero-order chi connectivity index (χ0) is 11.7. The van der Waals surface area contributed by atoms with Gasteiger partial charge in [0.05, 0.1) is 10.6 Å². The molecule has 0 unspecified atom stereocenters. The molecule has 0 amide bonds. The molecule has 1 heterocycles. The second kappa shape index (κ2) is 3.98. The number of furan rings is 1. The van der Waals surface area contributed by atoms with E-state index >= 15 is 0 Å². The Labute approximate surface area is 95.6 Å². The number of halogens is 2. The number of carbonyl (C=O) groups excluding carboxylic acids is 1. The van der Waals surface area contributed by atoms with Crippen LogP contribution < -0.4 is 5.73 Å². The molecule has 0 atom stereocenters. The van der Waals surface area contributed by atoms with Crippen LogP contribution in [0.2, 0.25) is 5.02 Å². The maximum absolute atomic E-state index is 13.6. The Balaban J connectivity index is 2.58. The number of hydrogen-bond donors (Lipinski definition) is 1. The van der Waals surface area contributed by atoms with Crippen molar-refractivity contribution in [2.75, 3.05) is 5.73 Å². The Kier molecular flexibility index (Phi) is 2.66. The van der Waals surface area contributed by atoms with E-state index < -0.39 is 5.82 Å². The van der Waals surface area contributed by atoms with Crippen molar-refractivity contribution in [2.45, 2.75) is 0 Å². The molecule has 1 aromatic carbocycles. The van der Waals surface area contributed by atoms with E-state index in [-0.39, 0.29) is 22.1 Å². The minimum atomic E-state index is -0.623. The minimum absolute atomic E-state index is 0.0842. The van der Waals surface area contributed by atoms with Gasteiger partial charge < -0.3 is 10.2 Å². The number of anilines is 1. The number of hydrogen-bond acceptors (Lipinski definition) is 3. The lowest BCUT2D eigenvalue weighted by molar-refractivity contribution is 0.110. The number of carbonyl (C=O) groups is 1. The topological polar surface area (TPSA) is 56.2 Å². The van der Waals surface area contributed by atoms with Crippen molar-refractivity contribution in [3.63, 3.8) is 0 Å². The van der Waals surface area contributed by atoms with Gasteiger partial charge >= 0.3 is 0 Å². The number of nitrogens with two attached hydrogens (primary N) is 1. The summed E-state index contributed by atoms with van der Waals surface area (Å²) in [6, 6.07) is 5.63. The Morgan fingerprint density at radius 2 is 2.12 bits per heavy atom. The van der Waals surface area contributed by atoms with E-state index in [0.29, 0.717) is 12.0 Å². The largest absolute Gasteiger partial charge is 0.453 e. The summed E-state index contributed by atoms with van der Waals surface area (Å²) in [4.78, 5) is 10.4. The van der Waals surface area contributed by atoms with Crippen LogP contribution in [0, 0.1) is 5.82 Å². The maximum atomic E-state index is 13.6. The molecular weight excluding hydrogens is 233 g/mol. The summed E-state index contributed by atoms with van der Waals surface area (Å²) < 4.78 is 18.7. The van der Waals surface area contributed by atoms with Gasteiger partial charge in [0.1, 0.15) is 5.76 Å². The van der Waals surface area contributed by atoms with E-state index in [1.807, 2.05) is 0 Å². The summed E-state index contributed by atoms with van der Waals surface area (Å²) in [5, 5.41) is -0.0842. The second-order valence-electron chi connectivity index (χ2n) is 3.18. The highest BCUT2D eigenvalue weighted by Crippen LogP contribution is 2.31. The predicted octanol–water partition coefficient (Wildman–Crippen LogP) is 3.13. The predicted molar refractivity (Wildman–Crippen MR) is 58.9 cm³/mol. The lowest BCUT2D eigenvalue weighted by Crippen LogP contribution is -1.90. The van der Waals surface area contributed by atoms with Crippen molar-refractivity contribution < 1.29 is 13.6 Å². The van der Waals surface area contributed by atoms with Crippen molar-refractivity contribution in [2.24, 2.45) is 0 Å². The smallest absolute Gasteiger partial charge is 0.185 e. The van der Waals surface area contributed by atoms with E-state index in [9.17, 15) is 9.18 Å². The van der Waals surface area contributed by atoms with Gasteiger partial charge in [-0.2, -0.15) is 0 Å². The first kappa shape index (κ1) is 10.7. The molecule has 0 bridgehead atoms. The van der Waals surface area contributed by atoms with Gasteiger partial charge in [-0.25, -0.2) is 4.39 Å². The summed E-state index contributed by atoms with van der Waals surface area (Å²) >= 11 is 5.64. The molecule has 2 aromatic rings. The van der Waals surface area contributed by atoms with Gasteiger partial charge in [0.2, 0.25) is 0 Å². The summed E-state index contributed by atoms with van der Waals surface area (Å²) in [7, 11) is 0. The zero-order valence-electron chi connectivity index (χ0n) is 8.04. The monoisotopic (exact) mass is 239 g/mol. The van der Waals surface area contributed by atoms with Crippen molar-refractivity contribution in [3.8, 4) is 11.3 Å². The standard InChI is InChI=1S/C11H7ClFNO2/c12-9-4-6(14)3-8(11(9)13)10-2-1-7(5-15)16-10/h1-5H,14H2. The molecule has 2 rings (SSSR count). The Hall–Kier alpha value is -1.81. The Bertz CT molecular complexity index is 551. The first-order valence-electron chi connectivity index (χ1n) is 4.41. The van der Waals surface area contributed by atoms with Crippen LogP contribution in [0.5, 0.6) is 0 Å². The highest BCUT2D eigenvalue weighted by Gasteiger charge is 2.13. The molecule has 16 heavy (non-hydrogen) atoms. The number of rotatable bonds is 2. The van der Waals surface area contributed by atoms with Crippen LogP contribution in [0.25, 0.3) is 11.3 Å². The highest BCUT2D eigenvalue weighted by atomic mass is 35.5. The Morgan fingerprint density at radius 1 is 1.38 bits per heavy atom. The number of nitrogen functional groups attached to an aromatic ring is 1. The first-order chi connectivity index (χ1) is 7.61. The summed E-state index contributed by atoms with van der Waals surface area (Å²) in [6.45, 7) is 0. The second-order valence-corrected chi connectivity index (χ2v) is 3.59. The van der Waals surface area contributed by atoms with Crippen molar-refractivity contribution in [1.82, 2.24) is 0 Å². The van der Waals surface area contributed by atoms with Crippen molar-refractivity contribution in [3.05, 3.63) is 40.9 Å². The van der Waals surface area contributed by atoms with Gasteiger partial charge in [0, 0.05) is 5.69 Å². The van der Waals surface area contributed by atoms with Crippen LogP contribution >= 0.6 is 11.6 Å². The van der Waals surface area contributed by atoms with Crippen molar-refractivity contribution in [1.29, 1.82) is 0 Å². The molecule has 0 radical (unpaired) electrons. The average Bonchev–Trinajstić information content (AvgIpc) is 2.71. The summed E-state index contributed by atoms with van der Waals surface area (Å²) in [5.74, 6) is -0.288. The van der Waals surface area contributed by atoms with Crippen LogP contribution in [0.4, 0.5) is 10.1 Å². The molecule has 0 aliphatic heterocycles. The number of benzene rings is 1. The van der Waals surface area contributed by atoms with Gasteiger partial charge in [-0.1, -0.05) is 11.6 Å². The van der Waals surface area contributed by atoms with Crippen LogP contribution in [0.1, 0.15) is 10.6 Å². The van der Waals surface area contributed by atoms with E-state index in [0.717, 1.165) is 0 Å². The van der Waals surface area contributed by atoms with Crippen LogP contribution in [-0.4, -0.2) is 6.29 Å². The molecule has 0 saturated carbocycles. The fourth-order valence-electron chi connectivity index (χ4n) is 1.35. The lowest BCUT2D eigenvalue weighted by atomic mass is 10.1. The fraction of sp³-hybridized carbons (Fsp3) is 0. The number of aldehydes is 1. The SMILES string of the molecule is Nc1cc(Cl)c(F)c(-c2ccc(C=O)o2)c1. The molecule has 0 spiro atoms. The van der Waals surface area contributed by atoms with Gasteiger partial charge in [0.15, 0.2) is 17.9 Å². The molecule has 2 N–H and O–H groups in total. The molecule has 82 valence electrons. The average molecular weight is 240 g/mol. The van der Waals surface area contributed by atoms with Crippen molar-refractivity contribution >= 4 is 23.6 Å².